The molecule has 30 heavy (non-hydrogen) atoms. The van der Waals surface area contributed by atoms with Gasteiger partial charge < -0.3 is 18.9 Å². The summed E-state index contributed by atoms with van der Waals surface area (Å²) in [7, 11) is 0. The summed E-state index contributed by atoms with van der Waals surface area (Å²) in [6.07, 6.45) is 1.36. The van der Waals surface area contributed by atoms with Crippen LogP contribution in [0.25, 0.3) is 11.4 Å². The number of rotatable bonds is 7. The Balaban J connectivity index is 1.27. The zero-order valence-corrected chi connectivity index (χ0v) is 16.6. The van der Waals surface area contributed by atoms with Crippen LogP contribution in [-0.4, -0.2) is 46.7 Å². The Morgan fingerprint density at radius 2 is 1.90 bits per heavy atom. The predicted octanol–water partition coefficient (Wildman–Crippen LogP) is 3.50. The molecule has 3 aromatic rings. The average Bonchev–Trinajstić information content (AvgIpc) is 3.43. The molecule has 4 rings (SSSR count). The number of aromatic nitrogens is 2. The van der Waals surface area contributed by atoms with E-state index >= 15 is 0 Å². The largest absolute Gasteiger partial charge is 0.489 e. The number of likely N-dealkylation sites (tertiary alicyclic amines) is 1. The zero-order chi connectivity index (χ0) is 20.9. The van der Waals surface area contributed by atoms with E-state index in [9.17, 15) is 9.18 Å². The van der Waals surface area contributed by atoms with E-state index in [2.05, 4.69) is 10.1 Å². The van der Waals surface area contributed by atoms with Gasteiger partial charge >= 0.3 is 0 Å². The van der Waals surface area contributed by atoms with Crippen LogP contribution in [0.5, 0.6) is 11.5 Å². The van der Waals surface area contributed by atoms with Crippen molar-refractivity contribution in [2.45, 2.75) is 25.9 Å². The van der Waals surface area contributed by atoms with Crippen molar-refractivity contribution in [3.05, 3.63) is 60.2 Å². The van der Waals surface area contributed by atoms with Crippen LogP contribution in [0, 0.1) is 5.82 Å². The summed E-state index contributed by atoms with van der Waals surface area (Å²) in [5.41, 5.74) is 0.854. The lowest BCUT2D eigenvalue weighted by atomic mass is 10.2. The van der Waals surface area contributed by atoms with Crippen molar-refractivity contribution in [2.75, 3.05) is 19.7 Å². The molecule has 1 amide bonds. The number of hydrogen-bond acceptors (Lipinski definition) is 6. The Morgan fingerprint density at radius 3 is 2.60 bits per heavy atom. The molecule has 0 saturated carbocycles. The number of ether oxygens (including phenoxy) is 2. The minimum atomic E-state index is -0.343. The van der Waals surface area contributed by atoms with Gasteiger partial charge in [0.15, 0.2) is 6.61 Å². The van der Waals surface area contributed by atoms with Crippen LogP contribution in [0.3, 0.4) is 0 Å². The van der Waals surface area contributed by atoms with Crippen LogP contribution in [0.15, 0.2) is 53.1 Å². The number of halogens is 1. The summed E-state index contributed by atoms with van der Waals surface area (Å²) < 4.78 is 29.5. The Morgan fingerprint density at radius 1 is 1.17 bits per heavy atom. The van der Waals surface area contributed by atoms with Crippen molar-refractivity contribution in [3.8, 4) is 22.9 Å². The maximum absolute atomic E-state index is 12.9. The molecule has 0 radical (unpaired) electrons. The Labute approximate surface area is 173 Å². The minimum Gasteiger partial charge on any atom is -0.489 e. The zero-order valence-electron chi connectivity index (χ0n) is 16.6. The molecule has 1 aliphatic rings. The van der Waals surface area contributed by atoms with E-state index in [4.69, 9.17) is 14.0 Å². The van der Waals surface area contributed by atoms with Gasteiger partial charge in [0, 0.05) is 24.9 Å². The third-order valence-electron chi connectivity index (χ3n) is 4.86. The lowest BCUT2D eigenvalue weighted by Crippen LogP contribution is -2.34. The van der Waals surface area contributed by atoms with E-state index in [-0.39, 0.29) is 24.4 Å². The number of carbonyl (C=O) groups is 1. The number of aryl methyl sites for hydroxylation is 1. The highest BCUT2D eigenvalue weighted by molar-refractivity contribution is 5.78. The highest BCUT2D eigenvalue weighted by Crippen LogP contribution is 2.23. The van der Waals surface area contributed by atoms with Gasteiger partial charge in [0.25, 0.3) is 5.91 Å². The highest BCUT2D eigenvalue weighted by Gasteiger charge is 2.27. The summed E-state index contributed by atoms with van der Waals surface area (Å²) in [5.74, 6) is 1.87. The topological polar surface area (TPSA) is 77.7 Å². The quantitative estimate of drug-likeness (QED) is 0.592. The second-order valence-corrected chi connectivity index (χ2v) is 7.00. The van der Waals surface area contributed by atoms with Gasteiger partial charge in [-0.1, -0.05) is 12.1 Å². The van der Waals surface area contributed by atoms with Crippen LogP contribution in [0.2, 0.25) is 0 Å². The molecule has 1 fully saturated rings. The van der Waals surface area contributed by atoms with Gasteiger partial charge in [-0.2, -0.15) is 4.98 Å². The molecule has 0 bridgehead atoms. The van der Waals surface area contributed by atoms with Crippen molar-refractivity contribution in [3.63, 3.8) is 0 Å². The van der Waals surface area contributed by atoms with E-state index < -0.39 is 0 Å². The van der Waals surface area contributed by atoms with Crippen LogP contribution < -0.4 is 9.47 Å². The second kappa shape index (κ2) is 8.94. The monoisotopic (exact) mass is 411 g/mol. The van der Waals surface area contributed by atoms with Crippen LogP contribution in [0.1, 0.15) is 19.2 Å². The first kappa shape index (κ1) is 19.9. The first-order valence-electron chi connectivity index (χ1n) is 9.86. The van der Waals surface area contributed by atoms with Crippen molar-refractivity contribution in [2.24, 2.45) is 0 Å². The number of hydrogen-bond donors (Lipinski definition) is 0. The van der Waals surface area contributed by atoms with Crippen molar-refractivity contribution in [1.82, 2.24) is 15.0 Å². The van der Waals surface area contributed by atoms with E-state index in [1.54, 1.807) is 4.90 Å². The molecular weight excluding hydrogens is 389 g/mol. The fourth-order valence-corrected chi connectivity index (χ4v) is 3.21. The number of benzene rings is 2. The Kier molecular flexibility index (Phi) is 5.92. The van der Waals surface area contributed by atoms with Gasteiger partial charge in [-0.15, -0.1) is 0 Å². The molecule has 2 heterocycles. The molecule has 1 aromatic heterocycles. The highest BCUT2D eigenvalue weighted by atomic mass is 19.1. The summed E-state index contributed by atoms with van der Waals surface area (Å²) in [6, 6.07) is 13.1. The summed E-state index contributed by atoms with van der Waals surface area (Å²) >= 11 is 0. The maximum atomic E-state index is 12.9. The Bertz CT molecular complexity index is 988. The summed E-state index contributed by atoms with van der Waals surface area (Å²) in [5, 5.41) is 3.96. The maximum Gasteiger partial charge on any atom is 0.260 e. The Hall–Kier alpha value is -3.42. The van der Waals surface area contributed by atoms with Crippen LogP contribution in [0.4, 0.5) is 4.39 Å². The molecule has 2 aromatic carbocycles. The van der Waals surface area contributed by atoms with E-state index in [0.29, 0.717) is 37.0 Å². The third-order valence-corrected chi connectivity index (χ3v) is 4.86. The van der Waals surface area contributed by atoms with Gasteiger partial charge in [-0.05, 0) is 48.5 Å². The van der Waals surface area contributed by atoms with Gasteiger partial charge in [0.1, 0.15) is 23.4 Å². The lowest BCUT2D eigenvalue weighted by molar-refractivity contribution is -0.132. The third kappa shape index (κ3) is 4.76. The first-order chi connectivity index (χ1) is 14.6. The fraction of sp³-hybridized carbons (Fsp3) is 0.318. The smallest absolute Gasteiger partial charge is 0.260 e. The molecule has 8 heteroatoms. The van der Waals surface area contributed by atoms with E-state index in [1.807, 2.05) is 31.2 Å². The van der Waals surface area contributed by atoms with Gasteiger partial charge in [-0.25, -0.2) is 4.39 Å². The molecule has 0 aliphatic carbocycles. The molecular formula is C22H22FN3O4. The van der Waals surface area contributed by atoms with Gasteiger partial charge in [0.05, 0.1) is 6.54 Å². The molecule has 1 atom stereocenters. The average molecular weight is 411 g/mol. The normalized spacial score (nSPS) is 15.9. The van der Waals surface area contributed by atoms with Crippen LogP contribution >= 0.6 is 0 Å². The SMILES string of the molecule is CCc1nc(-c2ccc(OC3CCN(C(=O)COc4ccc(F)cc4)C3)cc2)no1. The number of nitrogens with zero attached hydrogens (tertiary/aromatic N) is 3. The van der Waals surface area contributed by atoms with E-state index in [1.165, 1.54) is 24.3 Å². The van der Waals surface area contributed by atoms with E-state index in [0.717, 1.165) is 17.7 Å². The summed E-state index contributed by atoms with van der Waals surface area (Å²) in [4.78, 5) is 18.4. The second-order valence-electron chi connectivity index (χ2n) is 7.00. The van der Waals surface area contributed by atoms with Gasteiger partial charge in [0.2, 0.25) is 11.7 Å². The fourth-order valence-electron chi connectivity index (χ4n) is 3.21. The van der Waals surface area contributed by atoms with Crippen LogP contribution in [-0.2, 0) is 11.2 Å². The standard InChI is InChI=1S/C22H22FN3O4/c1-2-20-24-22(25-30-20)15-3-7-18(8-4-15)29-19-11-12-26(13-19)21(27)14-28-17-9-5-16(23)6-10-17/h3-10,19H,2,11-14H2,1H3. The predicted molar refractivity (Wildman–Crippen MR) is 107 cm³/mol. The molecule has 0 spiro atoms. The van der Waals surface area contributed by atoms with Crippen molar-refractivity contribution >= 4 is 5.91 Å². The molecule has 1 unspecified atom stereocenters. The molecule has 156 valence electrons. The number of carbonyl (C=O) groups excluding carboxylic acids is 1. The van der Waals surface area contributed by atoms with Crippen molar-refractivity contribution < 1.29 is 23.2 Å². The number of amides is 1. The summed E-state index contributed by atoms with van der Waals surface area (Å²) in [6.45, 7) is 2.98. The minimum absolute atomic E-state index is 0.0810. The van der Waals surface area contributed by atoms with Crippen molar-refractivity contribution in [1.29, 1.82) is 0 Å². The molecule has 0 N–H and O–H groups in total. The lowest BCUT2D eigenvalue weighted by Gasteiger charge is -2.17. The molecule has 1 saturated heterocycles. The first-order valence-corrected chi connectivity index (χ1v) is 9.86. The molecule has 7 nitrogen and oxygen atoms in total. The van der Waals surface area contributed by atoms with Gasteiger partial charge in [-0.3, -0.25) is 4.79 Å². The molecule has 1 aliphatic heterocycles.